The van der Waals surface area contributed by atoms with Crippen LogP contribution in [0.3, 0.4) is 0 Å². The molecule has 0 rings (SSSR count). The van der Waals surface area contributed by atoms with E-state index in [0.29, 0.717) is 23.9 Å². The Morgan fingerprint density at radius 3 is 1.43 bits per heavy atom. The van der Waals surface area contributed by atoms with Gasteiger partial charge >= 0.3 is 7.82 Å². The summed E-state index contributed by atoms with van der Waals surface area (Å²) in [7, 11) is 1.62. The Hall–Kier alpha value is -0.500. The molecule has 47 heavy (non-hydrogen) atoms. The fourth-order valence-electron chi connectivity index (χ4n) is 5.87. The van der Waals surface area contributed by atoms with E-state index in [1.807, 2.05) is 21.1 Å². The number of hydrogen-bond acceptors (Lipinski definition) is 5. The van der Waals surface area contributed by atoms with Crippen LogP contribution in [0.1, 0.15) is 187 Å². The average Bonchev–Trinajstić information content (AvgIpc) is 3.01. The van der Waals surface area contributed by atoms with Gasteiger partial charge in [0.25, 0.3) is 0 Å². The molecule has 0 aliphatic carbocycles. The molecule has 0 spiro atoms. The van der Waals surface area contributed by atoms with Gasteiger partial charge in [0.2, 0.25) is 5.91 Å². The first kappa shape index (κ1) is 46.5. The molecule has 0 aliphatic heterocycles. The number of phosphoric acid groups is 1. The largest absolute Gasteiger partial charge is 0.472 e. The van der Waals surface area contributed by atoms with E-state index in [2.05, 4.69) is 19.2 Å². The molecule has 0 aliphatic rings. The van der Waals surface area contributed by atoms with Crippen molar-refractivity contribution in [2.45, 2.75) is 199 Å². The Morgan fingerprint density at radius 2 is 1.02 bits per heavy atom. The highest BCUT2D eigenvalue weighted by molar-refractivity contribution is 7.47. The molecule has 8 nitrogen and oxygen atoms in total. The fourth-order valence-corrected chi connectivity index (χ4v) is 6.60. The Bertz CT molecular complexity index is 748. The van der Waals surface area contributed by atoms with E-state index >= 15 is 0 Å². The van der Waals surface area contributed by atoms with Crippen LogP contribution in [0.4, 0.5) is 0 Å². The molecular weight excluding hydrogens is 611 g/mol. The van der Waals surface area contributed by atoms with E-state index in [4.69, 9.17) is 9.05 Å². The van der Waals surface area contributed by atoms with Crippen molar-refractivity contribution in [2.24, 2.45) is 0 Å². The number of hydrogen-bond donors (Lipinski definition) is 3. The van der Waals surface area contributed by atoms with E-state index in [0.717, 1.165) is 38.5 Å². The van der Waals surface area contributed by atoms with Crippen LogP contribution in [0.25, 0.3) is 0 Å². The van der Waals surface area contributed by atoms with Gasteiger partial charge < -0.3 is 19.8 Å². The van der Waals surface area contributed by atoms with Crippen LogP contribution < -0.4 is 5.32 Å². The number of carbonyl (C=O) groups excluding carboxylic acids is 1. The van der Waals surface area contributed by atoms with Gasteiger partial charge in [0.05, 0.1) is 39.9 Å². The molecule has 0 aromatic carbocycles. The number of unbranched alkanes of at least 4 members (excludes halogenated alkanes) is 23. The lowest BCUT2D eigenvalue weighted by molar-refractivity contribution is -0.870. The summed E-state index contributed by atoms with van der Waals surface area (Å²) in [4.78, 5) is 22.8. The first-order valence-electron chi connectivity index (χ1n) is 19.9. The molecule has 0 radical (unpaired) electrons. The fraction of sp³-hybridized carbons (Fsp3) is 0.974. The second-order valence-corrected chi connectivity index (χ2v) is 16.5. The minimum Gasteiger partial charge on any atom is -0.391 e. The molecule has 0 heterocycles. The number of rotatable bonds is 36. The van der Waals surface area contributed by atoms with Crippen LogP contribution in [0.15, 0.2) is 0 Å². The van der Waals surface area contributed by atoms with Gasteiger partial charge in [0.15, 0.2) is 0 Å². The first-order valence-corrected chi connectivity index (χ1v) is 21.4. The second-order valence-electron chi connectivity index (χ2n) is 15.0. The summed E-state index contributed by atoms with van der Waals surface area (Å²) in [5.74, 6) is -0.153. The van der Waals surface area contributed by atoms with Crippen LogP contribution >= 0.6 is 7.82 Å². The standard InChI is InChI=1S/C38H79N2O6P/c1-6-8-10-11-12-13-14-15-16-17-18-19-20-21-22-23-24-25-26-27-28-30-32-38(42)39-36(37(41)31-29-9-7-2)35-46-47(43,44)45-34-33-40(3,4)5/h36-37,41H,6-35H2,1-5H3,(H-,39,42,43,44)/p+1. The highest BCUT2D eigenvalue weighted by Gasteiger charge is 2.28. The van der Waals surface area contributed by atoms with Gasteiger partial charge in [-0.05, 0) is 12.8 Å². The van der Waals surface area contributed by atoms with Crippen LogP contribution in [0, 0.1) is 0 Å². The van der Waals surface area contributed by atoms with Gasteiger partial charge in [0, 0.05) is 6.42 Å². The predicted molar refractivity (Wildman–Crippen MR) is 199 cm³/mol. The van der Waals surface area contributed by atoms with E-state index in [-0.39, 0.29) is 19.1 Å². The van der Waals surface area contributed by atoms with Crippen molar-refractivity contribution in [1.29, 1.82) is 0 Å². The van der Waals surface area contributed by atoms with E-state index in [1.54, 1.807) is 0 Å². The molecule has 9 heteroatoms. The minimum atomic E-state index is -4.28. The molecule has 282 valence electrons. The topological polar surface area (TPSA) is 105 Å². The zero-order valence-corrected chi connectivity index (χ0v) is 32.7. The van der Waals surface area contributed by atoms with Crippen molar-refractivity contribution in [1.82, 2.24) is 5.32 Å². The van der Waals surface area contributed by atoms with Crippen LogP contribution in [-0.2, 0) is 18.4 Å². The maximum Gasteiger partial charge on any atom is 0.472 e. The lowest BCUT2D eigenvalue weighted by Gasteiger charge is -2.26. The lowest BCUT2D eigenvalue weighted by atomic mass is 10.0. The second kappa shape index (κ2) is 31.5. The molecule has 0 saturated heterocycles. The number of phosphoric ester groups is 1. The summed E-state index contributed by atoms with van der Waals surface area (Å²) in [6.07, 6.45) is 32.1. The summed E-state index contributed by atoms with van der Waals surface area (Å²) < 4.78 is 23.2. The molecule has 3 atom stereocenters. The lowest BCUT2D eigenvalue weighted by Crippen LogP contribution is -2.46. The maximum absolute atomic E-state index is 12.7. The third-order valence-electron chi connectivity index (χ3n) is 9.11. The summed E-state index contributed by atoms with van der Waals surface area (Å²) in [5, 5.41) is 13.6. The number of likely N-dealkylation sites (N-methyl/N-ethyl adjacent to an activating group) is 1. The van der Waals surface area contributed by atoms with Gasteiger partial charge in [-0.2, -0.15) is 0 Å². The maximum atomic E-state index is 12.7. The van der Waals surface area contributed by atoms with Crippen molar-refractivity contribution >= 4 is 13.7 Å². The van der Waals surface area contributed by atoms with Gasteiger partial charge in [-0.15, -0.1) is 0 Å². The molecule has 0 aromatic rings. The zero-order valence-electron chi connectivity index (χ0n) is 31.8. The molecule has 1 amide bonds. The van der Waals surface area contributed by atoms with Crippen molar-refractivity contribution in [3.63, 3.8) is 0 Å². The third kappa shape index (κ3) is 33.8. The van der Waals surface area contributed by atoms with Gasteiger partial charge in [-0.1, -0.05) is 168 Å². The summed E-state index contributed by atoms with van der Waals surface area (Å²) in [6.45, 7) is 4.73. The molecule has 3 N–H and O–H groups in total. The van der Waals surface area contributed by atoms with Crippen LogP contribution in [0.5, 0.6) is 0 Å². The number of aliphatic hydroxyl groups excluding tert-OH is 1. The highest BCUT2D eigenvalue weighted by atomic mass is 31.2. The average molecular weight is 692 g/mol. The number of aliphatic hydroxyl groups is 1. The van der Waals surface area contributed by atoms with E-state index < -0.39 is 20.0 Å². The number of quaternary nitrogens is 1. The molecular formula is C38H80N2O6P+. The number of carbonyl (C=O) groups is 1. The van der Waals surface area contributed by atoms with Crippen molar-refractivity contribution in [3.05, 3.63) is 0 Å². The van der Waals surface area contributed by atoms with E-state index in [1.165, 1.54) is 122 Å². The normalized spacial score (nSPS) is 14.6. The minimum absolute atomic E-state index is 0.0763. The Morgan fingerprint density at radius 1 is 0.638 bits per heavy atom. The Kier molecular flexibility index (Phi) is 31.1. The molecule has 0 fully saturated rings. The molecule has 0 saturated carbocycles. The molecule has 0 bridgehead atoms. The number of nitrogens with zero attached hydrogens (tertiary/aromatic N) is 1. The first-order chi connectivity index (χ1) is 22.5. The SMILES string of the molecule is CCCCCCCCCCCCCCCCCCCCCCCCC(=O)NC(COP(=O)(O)OCC[N+](C)(C)C)C(O)CCCCC. The van der Waals surface area contributed by atoms with Gasteiger partial charge in [0.1, 0.15) is 13.2 Å². The van der Waals surface area contributed by atoms with Crippen LogP contribution in [-0.4, -0.2) is 73.4 Å². The van der Waals surface area contributed by atoms with Crippen molar-refractivity contribution < 1.29 is 32.9 Å². The smallest absolute Gasteiger partial charge is 0.391 e. The predicted octanol–water partition coefficient (Wildman–Crippen LogP) is 10.2. The number of amides is 1. The Labute approximate surface area is 291 Å². The summed E-state index contributed by atoms with van der Waals surface area (Å²) in [5.41, 5.74) is 0. The monoisotopic (exact) mass is 692 g/mol. The van der Waals surface area contributed by atoms with Gasteiger partial charge in [-0.3, -0.25) is 13.8 Å². The molecule has 0 aromatic heterocycles. The van der Waals surface area contributed by atoms with E-state index in [9.17, 15) is 19.4 Å². The quantitative estimate of drug-likeness (QED) is 0.0343. The third-order valence-corrected chi connectivity index (χ3v) is 10.1. The van der Waals surface area contributed by atoms with Crippen LogP contribution in [0.2, 0.25) is 0 Å². The number of nitrogens with one attached hydrogen (secondary N) is 1. The molecule has 3 unspecified atom stereocenters. The summed E-state index contributed by atoms with van der Waals surface area (Å²) >= 11 is 0. The van der Waals surface area contributed by atoms with Crippen molar-refractivity contribution in [2.75, 3.05) is 40.9 Å². The van der Waals surface area contributed by atoms with Gasteiger partial charge in [-0.25, -0.2) is 4.57 Å². The highest BCUT2D eigenvalue weighted by Crippen LogP contribution is 2.43. The zero-order chi connectivity index (χ0) is 35.1. The Balaban J connectivity index is 3.90. The summed E-state index contributed by atoms with van der Waals surface area (Å²) in [6, 6.07) is -0.749. The van der Waals surface area contributed by atoms with Crippen molar-refractivity contribution in [3.8, 4) is 0 Å².